The number of aromatic amines is 3. The van der Waals surface area contributed by atoms with Gasteiger partial charge in [0.25, 0.3) is 0 Å². The van der Waals surface area contributed by atoms with Gasteiger partial charge < -0.3 is 63.6 Å². The highest BCUT2D eigenvalue weighted by molar-refractivity contribution is 7.99. The predicted molar refractivity (Wildman–Crippen MR) is 297 cm³/mol. The number of nitrogens with zero attached hydrogens (tertiary/aromatic N) is 2. The Morgan fingerprint density at radius 3 is 2.15 bits per heavy atom. The number of carbonyl (C=O) groups excluding carboxylic acids is 9. The highest BCUT2D eigenvalue weighted by Gasteiger charge is 2.36. The average Bonchev–Trinajstić information content (AvgIpc) is 4.26. The van der Waals surface area contributed by atoms with Gasteiger partial charge in [-0.05, 0) is 61.3 Å². The molecule has 79 heavy (non-hydrogen) atoms. The van der Waals surface area contributed by atoms with Gasteiger partial charge in [0.15, 0.2) is 0 Å². The van der Waals surface area contributed by atoms with Crippen molar-refractivity contribution in [3.8, 4) is 0 Å². The van der Waals surface area contributed by atoms with Crippen molar-refractivity contribution >= 4 is 86.7 Å². The molecule has 5 heterocycles. The molecule has 0 spiro atoms. The minimum absolute atomic E-state index is 0.0440. The summed E-state index contributed by atoms with van der Waals surface area (Å²) in [6.07, 6.45) is 5.15. The van der Waals surface area contributed by atoms with E-state index in [2.05, 4.69) is 62.5 Å². The molecule has 0 aliphatic carbocycles. The highest BCUT2D eigenvalue weighted by Crippen LogP contribution is 2.27. The first-order valence-corrected chi connectivity index (χ1v) is 27.7. The number of benzene rings is 2. The molecule has 0 radical (unpaired) electrons. The second-order valence-corrected chi connectivity index (χ2v) is 22.1. The fraction of sp³-hybridized carbons (Fsp3) is 0.481. The van der Waals surface area contributed by atoms with Crippen LogP contribution in [0.1, 0.15) is 76.4 Å². The standard InChI is InChI=1S/C54H73N15O9S/c1-28(2)16-33(24-69-27-79-25-44(69)48(56)72)63-53(77)42(18-32-21-57-26-61-32)65-46(71)23-60-54(78)47(29(3)4)68-49(73)30(5)62-52(76)41(17-31-20-58-37-12-8-6-10-34(31)37)67-50(74)39(14-15-45(55)70)66-51(75)40-19-36-35-11-7-9-13-38(35)64-43(36)22-59-40/h6-13,20-21,26,28-30,33,39-42,44,47,58-59,64H,14-19,22-25,27H2,1-5H3,(H2,55,70)(H2,56,72)(H,57,61)(H,60,78)(H,62,76)(H,63,77)(H,65,71)(H,66,75)(H,67,74)(H,68,73)/t30-,33-,39-,40+,41-,42-,44-,47-/m0/s1. The van der Waals surface area contributed by atoms with Gasteiger partial charge in [0.1, 0.15) is 30.2 Å². The zero-order chi connectivity index (χ0) is 56.9. The number of fused-ring (bicyclic) bond motifs is 4. The molecule has 5 aromatic rings. The zero-order valence-corrected chi connectivity index (χ0v) is 45.9. The maximum Gasteiger partial charge on any atom is 0.243 e. The Balaban J connectivity index is 0.984. The largest absolute Gasteiger partial charge is 0.370 e. The molecule has 424 valence electrons. The summed E-state index contributed by atoms with van der Waals surface area (Å²) in [5, 5.41) is 24.2. The molecule has 0 unspecified atom stereocenters. The molecule has 1 fully saturated rings. The van der Waals surface area contributed by atoms with Crippen molar-refractivity contribution in [1.29, 1.82) is 0 Å². The zero-order valence-electron chi connectivity index (χ0n) is 45.0. The SMILES string of the molecule is CC(C)C[C@@H](CN1CSC[C@H]1C(N)=O)NC(=O)[C@H](Cc1cnc[nH]1)NC(=O)CNC(=O)[C@@H](NC(=O)[C@H](C)NC(=O)[C@H](Cc1c[nH]c2ccccc12)NC(=O)[C@H](CCC(N)=O)NC(=O)[C@H]1Cc2c([nH]c3ccccc23)CN1)C(C)C. The Morgan fingerprint density at radius 1 is 0.759 bits per heavy atom. The average molecular weight is 1110 g/mol. The van der Waals surface area contributed by atoms with Crippen LogP contribution in [-0.4, -0.2) is 151 Å². The molecule has 7 rings (SSSR count). The molecule has 8 atom stereocenters. The molecule has 9 amide bonds. The highest BCUT2D eigenvalue weighted by atomic mass is 32.2. The van der Waals surface area contributed by atoms with Crippen molar-refractivity contribution in [3.63, 3.8) is 0 Å². The number of imidazole rings is 1. The van der Waals surface area contributed by atoms with Gasteiger partial charge in [-0.15, -0.1) is 11.8 Å². The van der Waals surface area contributed by atoms with Gasteiger partial charge in [0, 0.05) is 95.6 Å². The van der Waals surface area contributed by atoms with Crippen LogP contribution in [-0.2, 0) is 69.0 Å². The van der Waals surface area contributed by atoms with E-state index in [0.29, 0.717) is 48.8 Å². The minimum atomic E-state index is -1.32. The van der Waals surface area contributed by atoms with Crippen LogP contribution in [0.15, 0.2) is 67.3 Å². The number of aromatic nitrogens is 4. The first-order valence-electron chi connectivity index (χ1n) is 26.6. The van der Waals surface area contributed by atoms with E-state index in [1.54, 1.807) is 31.8 Å². The number of hydrogen-bond acceptors (Lipinski definition) is 13. The van der Waals surface area contributed by atoms with Gasteiger partial charge >= 0.3 is 0 Å². The molecule has 0 saturated carbocycles. The Kier molecular flexibility index (Phi) is 20.3. The molecule has 0 bridgehead atoms. The number of amides is 9. The minimum Gasteiger partial charge on any atom is -0.370 e. The lowest BCUT2D eigenvalue weighted by molar-refractivity contribution is -0.135. The van der Waals surface area contributed by atoms with Gasteiger partial charge in [-0.25, -0.2) is 4.98 Å². The van der Waals surface area contributed by atoms with E-state index in [1.165, 1.54) is 19.4 Å². The van der Waals surface area contributed by atoms with E-state index < -0.39 is 108 Å². The van der Waals surface area contributed by atoms with Crippen molar-refractivity contribution in [2.45, 2.75) is 128 Å². The summed E-state index contributed by atoms with van der Waals surface area (Å²) in [6, 6.07) is 7.37. The number of hydrogen-bond donors (Lipinski definition) is 13. The molecule has 1 saturated heterocycles. The van der Waals surface area contributed by atoms with Crippen LogP contribution in [0.4, 0.5) is 0 Å². The summed E-state index contributed by atoms with van der Waals surface area (Å²) in [7, 11) is 0. The molecule has 3 aromatic heterocycles. The first kappa shape index (κ1) is 58.9. The van der Waals surface area contributed by atoms with Crippen LogP contribution < -0.4 is 54.0 Å². The Labute approximate surface area is 461 Å². The van der Waals surface area contributed by atoms with Gasteiger partial charge in [-0.1, -0.05) is 64.1 Å². The molecular formula is C54H73N15O9S. The summed E-state index contributed by atoms with van der Waals surface area (Å²) >= 11 is 1.58. The Bertz CT molecular complexity index is 2990. The summed E-state index contributed by atoms with van der Waals surface area (Å²) in [6.45, 7) is 8.98. The topological polar surface area (TPSA) is 365 Å². The third-order valence-corrected chi connectivity index (χ3v) is 15.2. The molecule has 2 aromatic carbocycles. The summed E-state index contributed by atoms with van der Waals surface area (Å²) in [5.41, 5.74) is 16.0. The first-order chi connectivity index (χ1) is 37.7. The summed E-state index contributed by atoms with van der Waals surface area (Å²) in [4.78, 5) is 137. The third-order valence-electron chi connectivity index (χ3n) is 14.1. The summed E-state index contributed by atoms with van der Waals surface area (Å²) < 4.78 is 0. The van der Waals surface area contributed by atoms with Gasteiger partial charge in [-0.2, -0.15) is 0 Å². The second-order valence-electron chi connectivity index (χ2n) is 21.1. The van der Waals surface area contributed by atoms with Crippen LogP contribution in [0.2, 0.25) is 0 Å². The van der Waals surface area contributed by atoms with E-state index in [0.717, 1.165) is 33.1 Å². The number of primary amides is 2. The van der Waals surface area contributed by atoms with Crippen molar-refractivity contribution in [1.82, 2.24) is 67.4 Å². The van der Waals surface area contributed by atoms with Crippen molar-refractivity contribution in [3.05, 3.63) is 89.8 Å². The van der Waals surface area contributed by atoms with Gasteiger partial charge in [-0.3, -0.25) is 53.4 Å². The van der Waals surface area contributed by atoms with Crippen LogP contribution in [0, 0.1) is 11.8 Å². The number of nitrogens with one attached hydrogen (secondary N) is 11. The monoisotopic (exact) mass is 1110 g/mol. The van der Waals surface area contributed by atoms with Crippen molar-refractivity contribution in [2.75, 3.05) is 24.7 Å². The Hall–Kier alpha value is -7.77. The normalized spacial score (nSPS) is 17.7. The van der Waals surface area contributed by atoms with E-state index in [1.807, 2.05) is 67.3 Å². The third kappa shape index (κ3) is 15.9. The maximum absolute atomic E-state index is 14.3. The van der Waals surface area contributed by atoms with Crippen LogP contribution in [0.3, 0.4) is 0 Å². The number of para-hydroxylation sites is 2. The lowest BCUT2D eigenvalue weighted by Gasteiger charge is -2.30. The van der Waals surface area contributed by atoms with E-state index in [4.69, 9.17) is 11.5 Å². The number of thioether (sulfide) groups is 1. The molecule has 25 heteroatoms. The number of H-pyrrole nitrogens is 3. The Morgan fingerprint density at radius 2 is 1.46 bits per heavy atom. The van der Waals surface area contributed by atoms with Crippen LogP contribution >= 0.6 is 11.8 Å². The van der Waals surface area contributed by atoms with Crippen molar-refractivity contribution < 1.29 is 43.2 Å². The lowest BCUT2D eigenvalue weighted by Crippen LogP contribution is -2.60. The number of nitrogens with two attached hydrogens (primary N) is 2. The maximum atomic E-state index is 14.3. The quantitative estimate of drug-likeness (QED) is 0.0323. The fourth-order valence-electron chi connectivity index (χ4n) is 9.95. The van der Waals surface area contributed by atoms with Gasteiger partial charge in [0.2, 0.25) is 53.2 Å². The molecular weight excluding hydrogens is 1030 g/mol. The van der Waals surface area contributed by atoms with Crippen LogP contribution in [0.5, 0.6) is 0 Å². The molecule has 2 aliphatic heterocycles. The molecule has 15 N–H and O–H groups in total. The van der Waals surface area contributed by atoms with Gasteiger partial charge in [0.05, 0.1) is 25.0 Å². The van der Waals surface area contributed by atoms with E-state index in [-0.39, 0.29) is 37.6 Å². The molecule has 24 nitrogen and oxygen atoms in total. The van der Waals surface area contributed by atoms with E-state index >= 15 is 0 Å². The smallest absolute Gasteiger partial charge is 0.243 e. The lowest BCUT2D eigenvalue weighted by atomic mass is 9.97. The van der Waals surface area contributed by atoms with E-state index in [9.17, 15) is 43.2 Å². The predicted octanol–water partition coefficient (Wildman–Crippen LogP) is -0.255. The number of carbonyl (C=O) groups is 9. The molecule has 2 aliphatic rings. The van der Waals surface area contributed by atoms with Crippen LogP contribution in [0.25, 0.3) is 21.8 Å². The second kappa shape index (κ2) is 27.2. The fourth-order valence-corrected chi connectivity index (χ4v) is 11.2. The number of rotatable bonds is 27. The summed E-state index contributed by atoms with van der Waals surface area (Å²) in [5.74, 6) is -5.02. The van der Waals surface area contributed by atoms with Crippen molar-refractivity contribution in [2.24, 2.45) is 23.3 Å².